The van der Waals surface area contributed by atoms with Crippen molar-refractivity contribution in [2.24, 2.45) is 5.84 Å². The van der Waals surface area contributed by atoms with Crippen molar-refractivity contribution in [1.82, 2.24) is 9.97 Å². The molecular weight excluding hydrogens is 220 g/mol. The summed E-state index contributed by atoms with van der Waals surface area (Å²) in [6.07, 6.45) is 2.22. The largest absolute Gasteiger partial charge is 0.376 e. The van der Waals surface area contributed by atoms with Crippen LogP contribution in [0.15, 0.2) is 6.07 Å². The van der Waals surface area contributed by atoms with E-state index in [4.69, 9.17) is 15.3 Å². The van der Waals surface area contributed by atoms with E-state index >= 15 is 0 Å². The maximum Gasteiger partial charge on any atom is 0.162 e. The van der Waals surface area contributed by atoms with Gasteiger partial charge in [-0.25, -0.2) is 15.8 Å². The molecular formula is C11H16N4O2. The molecule has 17 heavy (non-hydrogen) atoms. The van der Waals surface area contributed by atoms with Crippen molar-refractivity contribution in [2.75, 3.05) is 25.2 Å². The Morgan fingerprint density at radius 1 is 1.29 bits per heavy atom. The topological polar surface area (TPSA) is 82.3 Å². The van der Waals surface area contributed by atoms with E-state index in [-0.39, 0.29) is 6.10 Å². The average molecular weight is 236 g/mol. The van der Waals surface area contributed by atoms with Gasteiger partial charge in [0.2, 0.25) is 0 Å². The molecule has 2 fully saturated rings. The summed E-state index contributed by atoms with van der Waals surface area (Å²) in [5.74, 6) is 7.30. The Kier molecular flexibility index (Phi) is 2.92. The molecule has 3 N–H and O–H groups in total. The van der Waals surface area contributed by atoms with Gasteiger partial charge in [-0.05, 0) is 12.8 Å². The van der Waals surface area contributed by atoms with E-state index < -0.39 is 0 Å². The van der Waals surface area contributed by atoms with E-state index in [9.17, 15) is 0 Å². The Hall–Kier alpha value is -1.24. The zero-order chi connectivity index (χ0) is 11.7. The van der Waals surface area contributed by atoms with Gasteiger partial charge in [-0.1, -0.05) is 0 Å². The van der Waals surface area contributed by atoms with Crippen LogP contribution in [0.3, 0.4) is 0 Å². The monoisotopic (exact) mass is 236 g/mol. The van der Waals surface area contributed by atoms with Crippen LogP contribution < -0.4 is 11.3 Å². The fraction of sp³-hybridized carbons (Fsp3) is 0.636. The highest BCUT2D eigenvalue weighted by Crippen LogP contribution is 2.39. The van der Waals surface area contributed by atoms with E-state index in [0.29, 0.717) is 37.4 Å². The number of rotatable bonds is 3. The molecule has 1 unspecified atom stereocenters. The number of nitrogens with one attached hydrogen (secondary N) is 1. The molecule has 2 aliphatic rings. The van der Waals surface area contributed by atoms with Crippen LogP contribution in [0.2, 0.25) is 0 Å². The molecule has 0 spiro atoms. The van der Waals surface area contributed by atoms with Gasteiger partial charge in [0.1, 0.15) is 11.9 Å². The number of hydrogen-bond acceptors (Lipinski definition) is 6. The van der Waals surface area contributed by atoms with Gasteiger partial charge in [-0.2, -0.15) is 0 Å². The van der Waals surface area contributed by atoms with Crippen molar-refractivity contribution < 1.29 is 9.47 Å². The summed E-state index contributed by atoms with van der Waals surface area (Å²) in [5.41, 5.74) is 3.63. The molecule has 2 heterocycles. The first-order valence-electron chi connectivity index (χ1n) is 5.91. The normalized spacial score (nSPS) is 24.6. The molecule has 1 aromatic rings. The Balaban J connectivity index is 1.88. The lowest BCUT2D eigenvalue weighted by atomic mass is 10.2. The first-order valence-corrected chi connectivity index (χ1v) is 5.91. The number of aromatic nitrogens is 2. The molecule has 1 aliphatic carbocycles. The van der Waals surface area contributed by atoms with E-state index in [1.165, 1.54) is 12.8 Å². The van der Waals surface area contributed by atoms with Crippen molar-refractivity contribution in [3.05, 3.63) is 17.6 Å². The fourth-order valence-corrected chi connectivity index (χ4v) is 1.93. The minimum Gasteiger partial charge on any atom is -0.376 e. The quantitative estimate of drug-likeness (QED) is 0.594. The van der Waals surface area contributed by atoms with Crippen LogP contribution in [0.1, 0.15) is 36.4 Å². The van der Waals surface area contributed by atoms with Crippen LogP contribution in [0.5, 0.6) is 0 Å². The van der Waals surface area contributed by atoms with Gasteiger partial charge >= 0.3 is 0 Å². The van der Waals surface area contributed by atoms with Crippen molar-refractivity contribution in [3.63, 3.8) is 0 Å². The lowest BCUT2D eigenvalue weighted by Crippen LogP contribution is -2.24. The predicted octanol–water partition coefficient (Wildman–Crippen LogP) is 0.727. The third-order valence-electron chi connectivity index (χ3n) is 3.01. The Morgan fingerprint density at radius 3 is 2.82 bits per heavy atom. The summed E-state index contributed by atoms with van der Waals surface area (Å²) in [5, 5.41) is 0. The van der Waals surface area contributed by atoms with E-state index in [1.807, 2.05) is 6.07 Å². The molecule has 6 heteroatoms. The van der Waals surface area contributed by atoms with Crippen molar-refractivity contribution in [2.45, 2.75) is 24.9 Å². The summed E-state index contributed by atoms with van der Waals surface area (Å²) in [4.78, 5) is 8.89. The molecule has 6 nitrogen and oxygen atoms in total. The van der Waals surface area contributed by atoms with Crippen LogP contribution in [0.4, 0.5) is 5.82 Å². The molecule has 0 aromatic carbocycles. The van der Waals surface area contributed by atoms with Crippen molar-refractivity contribution in [3.8, 4) is 0 Å². The standard InChI is InChI=1S/C11H16N4O2/c12-15-10-5-8(7-1-2-7)13-11(14-10)9-6-16-3-4-17-9/h5,7,9H,1-4,6,12H2,(H,13,14,15). The second-order valence-electron chi connectivity index (χ2n) is 4.39. The number of nitrogen functional groups attached to an aromatic ring is 1. The number of ether oxygens (including phenoxy) is 2. The summed E-state index contributed by atoms with van der Waals surface area (Å²) in [7, 11) is 0. The molecule has 3 rings (SSSR count). The van der Waals surface area contributed by atoms with Crippen LogP contribution in [0, 0.1) is 0 Å². The first kappa shape index (κ1) is 10.9. The van der Waals surface area contributed by atoms with Crippen LogP contribution >= 0.6 is 0 Å². The van der Waals surface area contributed by atoms with Crippen LogP contribution in [0.25, 0.3) is 0 Å². The minimum absolute atomic E-state index is 0.172. The number of hydrogen-bond donors (Lipinski definition) is 2. The predicted molar refractivity (Wildman–Crippen MR) is 61.3 cm³/mol. The average Bonchev–Trinajstić information content (AvgIpc) is 3.23. The Labute approximate surface area is 99.5 Å². The third kappa shape index (κ3) is 2.38. The molecule has 1 atom stereocenters. The number of anilines is 1. The second-order valence-corrected chi connectivity index (χ2v) is 4.39. The molecule has 1 saturated carbocycles. The molecule has 0 radical (unpaired) electrons. The molecule has 1 aromatic heterocycles. The maximum absolute atomic E-state index is 5.60. The summed E-state index contributed by atoms with van der Waals surface area (Å²) >= 11 is 0. The van der Waals surface area contributed by atoms with Gasteiger partial charge in [0.15, 0.2) is 5.82 Å². The Morgan fingerprint density at radius 2 is 2.18 bits per heavy atom. The summed E-state index contributed by atoms with van der Waals surface area (Å²) in [6, 6.07) is 1.91. The minimum atomic E-state index is -0.172. The highest BCUT2D eigenvalue weighted by Gasteiger charge is 2.28. The number of hydrazine groups is 1. The van der Waals surface area contributed by atoms with Gasteiger partial charge < -0.3 is 14.9 Å². The molecule has 0 amide bonds. The second kappa shape index (κ2) is 4.56. The lowest BCUT2D eigenvalue weighted by molar-refractivity contribution is -0.0935. The fourth-order valence-electron chi connectivity index (χ4n) is 1.93. The molecule has 0 bridgehead atoms. The lowest BCUT2D eigenvalue weighted by Gasteiger charge is -2.22. The zero-order valence-electron chi connectivity index (χ0n) is 9.56. The molecule has 1 saturated heterocycles. The highest BCUT2D eigenvalue weighted by molar-refractivity contribution is 5.37. The number of nitrogens with two attached hydrogens (primary N) is 1. The summed E-state index contributed by atoms with van der Waals surface area (Å²) < 4.78 is 11.0. The smallest absolute Gasteiger partial charge is 0.162 e. The van der Waals surface area contributed by atoms with Gasteiger partial charge in [0, 0.05) is 17.7 Å². The van der Waals surface area contributed by atoms with E-state index in [0.717, 1.165) is 5.69 Å². The summed E-state index contributed by atoms with van der Waals surface area (Å²) in [6.45, 7) is 1.74. The van der Waals surface area contributed by atoms with Gasteiger partial charge in [0.05, 0.1) is 19.8 Å². The van der Waals surface area contributed by atoms with Gasteiger partial charge in [-0.15, -0.1) is 0 Å². The van der Waals surface area contributed by atoms with Gasteiger partial charge in [0.25, 0.3) is 0 Å². The van der Waals surface area contributed by atoms with E-state index in [1.54, 1.807) is 0 Å². The van der Waals surface area contributed by atoms with Crippen LogP contribution in [-0.2, 0) is 9.47 Å². The molecule has 1 aliphatic heterocycles. The zero-order valence-corrected chi connectivity index (χ0v) is 9.56. The first-order chi connectivity index (χ1) is 8.36. The third-order valence-corrected chi connectivity index (χ3v) is 3.01. The highest BCUT2D eigenvalue weighted by atomic mass is 16.6. The van der Waals surface area contributed by atoms with E-state index in [2.05, 4.69) is 15.4 Å². The maximum atomic E-state index is 5.60. The van der Waals surface area contributed by atoms with Crippen molar-refractivity contribution >= 4 is 5.82 Å². The van der Waals surface area contributed by atoms with Crippen molar-refractivity contribution in [1.29, 1.82) is 0 Å². The van der Waals surface area contributed by atoms with Gasteiger partial charge in [-0.3, -0.25) is 0 Å². The molecule has 92 valence electrons. The Bertz CT molecular complexity index is 402. The number of nitrogens with zero attached hydrogens (tertiary/aromatic N) is 2. The van der Waals surface area contributed by atoms with Crippen LogP contribution in [-0.4, -0.2) is 29.8 Å². The SMILES string of the molecule is NNc1cc(C2CC2)nc(C2COCCO2)n1.